The van der Waals surface area contributed by atoms with Gasteiger partial charge in [0.05, 0.1) is 24.4 Å². The Morgan fingerprint density at radius 3 is 2.88 bits per heavy atom. The predicted octanol–water partition coefficient (Wildman–Crippen LogP) is 2.39. The minimum atomic E-state index is -0.672. The second-order valence-corrected chi connectivity index (χ2v) is 5.77. The van der Waals surface area contributed by atoms with Crippen molar-refractivity contribution in [2.24, 2.45) is 0 Å². The first kappa shape index (κ1) is 17.1. The highest BCUT2D eigenvalue weighted by molar-refractivity contribution is 6.32. The number of hydrogen-bond donors (Lipinski definition) is 2. The standard InChI is InChI=1S/C17H15ClN2O5/c1-24-15-6-10(2-4-12(15)18)8-20-13-7-11(17(22)19-23)3-5-14(13)25-9-16(20)21/h2-7,23H,8-9H2,1H3,(H,19,22). The van der Waals surface area contributed by atoms with Gasteiger partial charge in [0.15, 0.2) is 6.61 Å². The minimum Gasteiger partial charge on any atom is -0.495 e. The van der Waals surface area contributed by atoms with E-state index >= 15 is 0 Å². The van der Waals surface area contributed by atoms with Gasteiger partial charge in [-0.2, -0.15) is 0 Å². The van der Waals surface area contributed by atoms with Crippen molar-refractivity contribution < 1.29 is 24.3 Å². The first-order valence-corrected chi connectivity index (χ1v) is 7.75. The van der Waals surface area contributed by atoms with Crippen molar-refractivity contribution >= 4 is 29.1 Å². The molecule has 2 N–H and O–H groups in total. The first-order valence-electron chi connectivity index (χ1n) is 7.37. The van der Waals surface area contributed by atoms with Crippen molar-refractivity contribution in [2.45, 2.75) is 6.54 Å². The molecule has 1 aliphatic heterocycles. The lowest BCUT2D eigenvalue weighted by atomic mass is 10.1. The van der Waals surface area contributed by atoms with Gasteiger partial charge in [0, 0.05) is 5.56 Å². The molecule has 0 aliphatic carbocycles. The fraction of sp³-hybridized carbons (Fsp3) is 0.176. The topological polar surface area (TPSA) is 88.1 Å². The highest BCUT2D eigenvalue weighted by Crippen LogP contribution is 2.35. The van der Waals surface area contributed by atoms with Gasteiger partial charge in [-0.25, -0.2) is 5.48 Å². The molecule has 8 heteroatoms. The Kier molecular flexibility index (Phi) is 4.78. The zero-order chi connectivity index (χ0) is 18.0. The highest BCUT2D eigenvalue weighted by atomic mass is 35.5. The van der Waals surface area contributed by atoms with Crippen LogP contribution in [0.3, 0.4) is 0 Å². The molecule has 7 nitrogen and oxygen atoms in total. The van der Waals surface area contributed by atoms with E-state index in [-0.39, 0.29) is 24.6 Å². The Bertz CT molecular complexity index is 840. The van der Waals surface area contributed by atoms with Crippen molar-refractivity contribution in [3.63, 3.8) is 0 Å². The number of nitrogens with one attached hydrogen (secondary N) is 1. The second kappa shape index (κ2) is 7.00. The molecule has 0 atom stereocenters. The average molecular weight is 363 g/mol. The van der Waals surface area contributed by atoms with Crippen molar-refractivity contribution in [1.29, 1.82) is 0 Å². The molecule has 2 aromatic rings. The molecule has 130 valence electrons. The third-order valence-corrected chi connectivity index (χ3v) is 4.13. The maximum absolute atomic E-state index is 12.3. The van der Waals surface area contributed by atoms with Crippen molar-refractivity contribution in [3.05, 3.63) is 52.5 Å². The van der Waals surface area contributed by atoms with Crippen LogP contribution in [-0.2, 0) is 11.3 Å². The van der Waals surface area contributed by atoms with Crippen LogP contribution < -0.4 is 19.9 Å². The average Bonchev–Trinajstić information content (AvgIpc) is 2.64. The summed E-state index contributed by atoms with van der Waals surface area (Å²) in [5.74, 6) is 0.0698. The smallest absolute Gasteiger partial charge is 0.274 e. The maximum Gasteiger partial charge on any atom is 0.274 e. The normalized spacial score (nSPS) is 13.1. The Morgan fingerprint density at radius 1 is 1.36 bits per heavy atom. The Hall–Kier alpha value is -2.77. The molecule has 0 fully saturated rings. The summed E-state index contributed by atoms with van der Waals surface area (Å²) in [5.41, 5.74) is 3.03. The Balaban J connectivity index is 1.97. The van der Waals surface area contributed by atoms with Crippen LogP contribution in [0.2, 0.25) is 5.02 Å². The highest BCUT2D eigenvalue weighted by Gasteiger charge is 2.27. The van der Waals surface area contributed by atoms with Gasteiger partial charge >= 0.3 is 0 Å². The number of hydrogen-bond acceptors (Lipinski definition) is 5. The molecule has 1 heterocycles. The zero-order valence-electron chi connectivity index (χ0n) is 13.3. The SMILES string of the molecule is COc1cc(CN2C(=O)COc3ccc(C(=O)NO)cc32)ccc1Cl. The molecule has 0 aromatic heterocycles. The quantitative estimate of drug-likeness (QED) is 0.644. The number of carbonyl (C=O) groups is 2. The molecule has 2 aromatic carbocycles. The van der Waals surface area contributed by atoms with Gasteiger partial charge in [0.25, 0.3) is 11.8 Å². The van der Waals surface area contributed by atoms with Gasteiger partial charge in [-0.1, -0.05) is 17.7 Å². The number of hydroxylamine groups is 1. The number of anilines is 1. The summed E-state index contributed by atoms with van der Waals surface area (Å²) in [6, 6.07) is 9.81. The van der Waals surface area contributed by atoms with E-state index in [2.05, 4.69) is 0 Å². The molecule has 0 unspecified atom stereocenters. The number of methoxy groups -OCH3 is 1. The van der Waals surface area contributed by atoms with Crippen molar-refractivity contribution in [3.8, 4) is 11.5 Å². The third kappa shape index (κ3) is 3.38. The van der Waals surface area contributed by atoms with Crippen molar-refractivity contribution in [1.82, 2.24) is 5.48 Å². The number of rotatable bonds is 4. The summed E-state index contributed by atoms with van der Waals surface area (Å²) >= 11 is 6.03. The molecule has 0 spiro atoms. The van der Waals surface area contributed by atoms with E-state index in [1.807, 2.05) is 0 Å². The van der Waals surface area contributed by atoms with E-state index in [4.69, 9.17) is 26.3 Å². The summed E-state index contributed by atoms with van der Waals surface area (Å²) in [4.78, 5) is 25.5. The molecule has 0 bridgehead atoms. The fourth-order valence-electron chi connectivity index (χ4n) is 2.57. The van der Waals surface area contributed by atoms with Crippen LogP contribution in [-0.4, -0.2) is 30.7 Å². The lowest BCUT2D eigenvalue weighted by Crippen LogP contribution is -2.38. The molecule has 25 heavy (non-hydrogen) atoms. The summed E-state index contributed by atoms with van der Waals surface area (Å²) in [7, 11) is 1.51. The molecule has 3 rings (SSSR count). The van der Waals surface area contributed by atoms with Crippen LogP contribution >= 0.6 is 11.6 Å². The summed E-state index contributed by atoms with van der Waals surface area (Å²) in [6.07, 6.45) is 0. The zero-order valence-corrected chi connectivity index (χ0v) is 14.0. The van der Waals surface area contributed by atoms with Gasteiger partial charge < -0.3 is 14.4 Å². The first-order chi connectivity index (χ1) is 12.0. The van der Waals surface area contributed by atoms with Gasteiger partial charge in [-0.05, 0) is 35.9 Å². The van der Waals surface area contributed by atoms with E-state index in [9.17, 15) is 9.59 Å². The predicted molar refractivity (Wildman–Crippen MR) is 90.4 cm³/mol. The van der Waals surface area contributed by atoms with Crippen LogP contribution in [0.25, 0.3) is 0 Å². The minimum absolute atomic E-state index is 0.0940. The molecule has 0 saturated heterocycles. The van der Waals surface area contributed by atoms with Gasteiger partial charge in [-0.3, -0.25) is 14.8 Å². The lowest BCUT2D eigenvalue weighted by Gasteiger charge is -2.30. The second-order valence-electron chi connectivity index (χ2n) is 5.36. The number of nitrogens with zero attached hydrogens (tertiary/aromatic N) is 1. The lowest BCUT2D eigenvalue weighted by molar-refractivity contribution is -0.121. The molecule has 2 amide bonds. The maximum atomic E-state index is 12.3. The Morgan fingerprint density at radius 2 is 2.16 bits per heavy atom. The van der Waals surface area contributed by atoms with Crippen LogP contribution in [0.1, 0.15) is 15.9 Å². The van der Waals surface area contributed by atoms with E-state index in [1.165, 1.54) is 24.1 Å². The Labute approximate surface area is 148 Å². The van der Waals surface area contributed by atoms with Crippen LogP contribution in [0.4, 0.5) is 5.69 Å². The summed E-state index contributed by atoms with van der Waals surface area (Å²) in [6.45, 7) is 0.163. The number of ether oxygens (including phenoxy) is 2. The van der Waals surface area contributed by atoms with E-state index in [1.54, 1.807) is 29.7 Å². The van der Waals surface area contributed by atoms with E-state index in [0.717, 1.165) is 5.56 Å². The molecule has 0 saturated carbocycles. The number of benzene rings is 2. The van der Waals surface area contributed by atoms with E-state index in [0.29, 0.717) is 22.2 Å². The fourth-order valence-corrected chi connectivity index (χ4v) is 2.76. The largest absolute Gasteiger partial charge is 0.495 e. The number of halogens is 1. The van der Waals surface area contributed by atoms with Gasteiger partial charge in [0.1, 0.15) is 11.5 Å². The van der Waals surface area contributed by atoms with Crippen LogP contribution in [0.15, 0.2) is 36.4 Å². The molecule has 0 radical (unpaired) electrons. The summed E-state index contributed by atoms with van der Waals surface area (Å²) in [5, 5.41) is 9.27. The molecular formula is C17H15ClN2O5. The molecule has 1 aliphatic rings. The molecular weight excluding hydrogens is 348 g/mol. The third-order valence-electron chi connectivity index (χ3n) is 3.82. The van der Waals surface area contributed by atoms with Crippen molar-refractivity contribution in [2.75, 3.05) is 18.6 Å². The van der Waals surface area contributed by atoms with Crippen LogP contribution in [0.5, 0.6) is 11.5 Å². The number of fused-ring (bicyclic) bond motifs is 1. The number of carbonyl (C=O) groups excluding carboxylic acids is 2. The van der Waals surface area contributed by atoms with Gasteiger partial charge in [-0.15, -0.1) is 0 Å². The van der Waals surface area contributed by atoms with Crippen LogP contribution in [0, 0.1) is 0 Å². The van der Waals surface area contributed by atoms with E-state index < -0.39 is 5.91 Å². The summed E-state index contributed by atoms with van der Waals surface area (Å²) < 4.78 is 10.6. The number of amides is 2. The monoisotopic (exact) mass is 362 g/mol. The van der Waals surface area contributed by atoms with Gasteiger partial charge in [0.2, 0.25) is 0 Å².